The normalized spacial score (nSPS) is 29.1. The second kappa shape index (κ2) is 18.4. The van der Waals surface area contributed by atoms with Crippen LogP contribution in [0.5, 0.6) is 0 Å². The minimum Gasteiger partial charge on any atom is -0.376 e. The van der Waals surface area contributed by atoms with Gasteiger partial charge >= 0.3 is 6.03 Å². The van der Waals surface area contributed by atoms with Gasteiger partial charge < -0.3 is 26.0 Å². The maximum absolute atomic E-state index is 15.1. The van der Waals surface area contributed by atoms with Gasteiger partial charge in [0.25, 0.3) is 5.91 Å². The molecule has 5 N–H and O–H groups in total. The SMILES string of the molecule is CC(C)[C@@H]1C[C@H]2C(O)N[C@H](C(=O)C(=O)NC3CC3)CCC(F)(F)CCCCCC[C@@H](NC(=O)NC(CN3C(=O)CC(C)(C)CC3=O)CC(C)(C)C)C(=O)N2C1. The van der Waals surface area contributed by atoms with Crippen molar-refractivity contribution >= 4 is 35.4 Å². The van der Waals surface area contributed by atoms with E-state index in [0.717, 1.165) is 12.8 Å². The van der Waals surface area contributed by atoms with E-state index >= 15 is 8.78 Å². The highest BCUT2D eigenvalue weighted by atomic mass is 19.3. The first-order chi connectivity index (χ1) is 25.5. The summed E-state index contributed by atoms with van der Waals surface area (Å²) in [5.74, 6) is -5.86. The van der Waals surface area contributed by atoms with Crippen molar-refractivity contribution in [2.75, 3.05) is 13.1 Å². The molecule has 55 heavy (non-hydrogen) atoms. The maximum Gasteiger partial charge on any atom is 0.315 e. The highest BCUT2D eigenvalue weighted by Gasteiger charge is 2.45. The summed E-state index contributed by atoms with van der Waals surface area (Å²) in [7, 11) is 0. The first-order valence-corrected chi connectivity index (χ1v) is 20.4. The monoisotopic (exact) mass is 780 g/mol. The predicted molar refractivity (Wildman–Crippen MR) is 202 cm³/mol. The number of aliphatic hydroxyl groups is 1. The molecule has 6 atom stereocenters. The number of carbonyl (C=O) groups excluding carboxylic acids is 6. The van der Waals surface area contributed by atoms with E-state index in [2.05, 4.69) is 21.3 Å². The highest BCUT2D eigenvalue weighted by Crippen LogP contribution is 2.34. The smallest absolute Gasteiger partial charge is 0.315 e. The average Bonchev–Trinajstić information content (AvgIpc) is 3.75. The van der Waals surface area contributed by atoms with Crippen molar-refractivity contribution in [2.45, 2.75) is 181 Å². The lowest BCUT2D eigenvalue weighted by Crippen LogP contribution is -2.59. The van der Waals surface area contributed by atoms with Crippen LogP contribution in [-0.2, 0) is 24.0 Å². The van der Waals surface area contributed by atoms with Crippen LogP contribution < -0.4 is 21.3 Å². The van der Waals surface area contributed by atoms with E-state index in [0.29, 0.717) is 32.1 Å². The largest absolute Gasteiger partial charge is 0.376 e. The zero-order valence-electron chi connectivity index (χ0n) is 34.0. The number of aliphatic hydroxyl groups excluding tert-OH is 1. The Morgan fingerprint density at radius 3 is 2.16 bits per heavy atom. The Kier molecular flexibility index (Phi) is 14.9. The molecule has 0 spiro atoms. The molecule has 0 radical (unpaired) electrons. The van der Waals surface area contributed by atoms with Gasteiger partial charge in [-0.1, -0.05) is 67.7 Å². The van der Waals surface area contributed by atoms with E-state index in [-0.39, 0.29) is 80.3 Å². The lowest BCUT2D eigenvalue weighted by molar-refractivity contribution is -0.153. The fourth-order valence-corrected chi connectivity index (χ4v) is 8.13. The molecule has 6 amide bonds. The Balaban J connectivity index is 1.57. The number of rotatable bonds is 9. The molecule has 13 nitrogen and oxygen atoms in total. The number of halogens is 2. The molecule has 312 valence electrons. The summed E-state index contributed by atoms with van der Waals surface area (Å²) in [6.45, 7) is 13.9. The minimum atomic E-state index is -3.08. The van der Waals surface area contributed by atoms with Crippen molar-refractivity contribution in [3.63, 3.8) is 0 Å². The standard InChI is InChI=1S/C40H66F2N6O7/c1-24(2)25-18-30-34(52)45-28(33(51)35(53)43-26-13-14-26)15-17-40(41,42)16-11-9-8-10-12-29(36(54)47(30)22-25)46-37(55)44-27(19-38(3,4)5)23-48-31(49)20-39(6,7)21-32(48)50/h24-30,34,45,52H,8-23H2,1-7H3,(H,43,53)(H2,44,46,55)/t25-,27?,28+,29-,30+,34?/m1/s1. The molecule has 0 aromatic rings. The molecule has 2 unspecified atom stereocenters. The summed E-state index contributed by atoms with van der Waals surface area (Å²) < 4.78 is 30.1. The highest BCUT2D eigenvalue weighted by molar-refractivity contribution is 6.38. The first kappa shape index (κ1) is 44.5. The molecule has 0 aromatic heterocycles. The van der Waals surface area contributed by atoms with Gasteiger partial charge in [-0.05, 0) is 67.6 Å². The number of imide groups is 1. The van der Waals surface area contributed by atoms with Crippen LogP contribution in [-0.4, -0.2) is 106 Å². The number of alkyl halides is 2. The van der Waals surface area contributed by atoms with Crippen molar-refractivity contribution in [2.24, 2.45) is 22.7 Å². The van der Waals surface area contributed by atoms with Gasteiger partial charge in [-0.3, -0.25) is 34.2 Å². The number of hydrogen-bond donors (Lipinski definition) is 5. The third-order valence-electron chi connectivity index (χ3n) is 11.4. The second-order valence-electron chi connectivity index (χ2n) is 19.0. The van der Waals surface area contributed by atoms with Crippen LogP contribution in [0.15, 0.2) is 0 Å². The zero-order chi connectivity index (χ0) is 40.9. The molecule has 0 aromatic carbocycles. The van der Waals surface area contributed by atoms with Gasteiger partial charge in [0, 0.05) is 50.9 Å². The average molecular weight is 781 g/mol. The molecule has 3 aliphatic heterocycles. The molecular formula is C40H66F2N6O7. The van der Waals surface area contributed by atoms with Gasteiger partial charge in [-0.15, -0.1) is 0 Å². The molecule has 0 bridgehead atoms. The van der Waals surface area contributed by atoms with Gasteiger partial charge in [-0.25, -0.2) is 13.6 Å². The minimum absolute atomic E-state index is 0.0115. The number of nitrogens with zero attached hydrogens (tertiary/aromatic N) is 2. The van der Waals surface area contributed by atoms with E-state index < -0.39 is 78.2 Å². The molecule has 3 saturated heterocycles. The molecule has 3 heterocycles. The van der Waals surface area contributed by atoms with Gasteiger partial charge in [0.05, 0.1) is 12.1 Å². The number of carbonyl (C=O) groups is 6. The molecule has 4 aliphatic rings. The number of amides is 6. The van der Waals surface area contributed by atoms with Gasteiger partial charge in [-0.2, -0.15) is 0 Å². The Bertz CT molecular complexity index is 1390. The van der Waals surface area contributed by atoms with Crippen LogP contribution in [0.4, 0.5) is 13.6 Å². The predicted octanol–water partition coefficient (Wildman–Crippen LogP) is 4.40. The van der Waals surface area contributed by atoms with Gasteiger partial charge in [0.2, 0.25) is 29.4 Å². The number of likely N-dealkylation sites (tertiary alicyclic amines) is 1. The Morgan fingerprint density at radius 2 is 1.56 bits per heavy atom. The van der Waals surface area contributed by atoms with E-state index in [9.17, 15) is 33.9 Å². The topological polar surface area (TPSA) is 177 Å². The quantitative estimate of drug-likeness (QED) is 0.169. The van der Waals surface area contributed by atoms with Crippen molar-refractivity contribution in [1.82, 2.24) is 31.1 Å². The van der Waals surface area contributed by atoms with Crippen molar-refractivity contribution in [3.8, 4) is 0 Å². The number of piperidine rings is 1. The summed E-state index contributed by atoms with van der Waals surface area (Å²) in [4.78, 5) is 83.2. The van der Waals surface area contributed by atoms with Gasteiger partial charge in [0.15, 0.2) is 0 Å². The number of ketones is 1. The van der Waals surface area contributed by atoms with E-state index in [4.69, 9.17) is 0 Å². The molecule has 4 rings (SSSR count). The van der Waals surface area contributed by atoms with Crippen LogP contribution in [0.2, 0.25) is 0 Å². The van der Waals surface area contributed by atoms with Crippen molar-refractivity contribution in [3.05, 3.63) is 0 Å². The van der Waals surface area contributed by atoms with Crippen LogP contribution in [0, 0.1) is 22.7 Å². The van der Waals surface area contributed by atoms with Crippen LogP contribution >= 0.6 is 0 Å². The fraction of sp³-hybridized carbons (Fsp3) is 0.850. The fourth-order valence-electron chi connectivity index (χ4n) is 8.13. The number of nitrogens with one attached hydrogen (secondary N) is 4. The molecular weight excluding hydrogens is 714 g/mol. The number of fused-ring (bicyclic) bond motifs is 1. The van der Waals surface area contributed by atoms with Crippen LogP contribution in [0.25, 0.3) is 0 Å². The van der Waals surface area contributed by atoms with Crippen molar-refractivity contribution in [1.29, 1.82) is 0 Å². The summed E-state index contributed by atoms with van der Waals surface area (Å²) >= 11 is 0. The molecule has 4 fully saturated rings. The molecule has 1 saturated carbocycles. The number of hydrogen-bond acceptors (Lipinski definition) is 8. The van der Waals surface area contributed by atoms with E-state index in [1.807, 2.05) is 48.5 Å². The van der Waals surface area contributed by atoms with E-state index in [1.165, 1.54) is 9.80 Å². The molecule has 15 heteroatoms. The Morgan fingerprint density at radius 1 is 0.927 bits per heavy atom. The Hall–Kier alpha value is -3.20. The third kappa shape index (κ3) is 13.5. The summed E-state index contributed by atoms with van der Waals surface area (Å²) in [6.07, 6.45) is 1.62. The lowest BCUT2D eigenvalue weighted by Gasteiger charge is -2.38. The van der Waals surface area contributed by atoms with Crippen LogP contribution in [0.1, 0.15) is 138 Å². The Labute approximate surface area is 325 Å². The van der Waals surface area contributed by atoms with Crippen molar-refractivity contribution < 1.29 is 42.7 Å². The first-order valence-electron chi connectivity index (χ1n) is 20.4. The molecule has 1 aliphatic carbocycles. The maximum atomic E-state index is 15.1. The van der Waals surface area contributed by atoms with Crippen LogP contribution in [0.3, 0.4) is 0 Å². The zero-order valence-corrected chi connectivity index (χ0v) is 34.0. The summed E-state index contributed by atoms with van der Waals surface area (Å²) in [6, 6.07) is -4.69. The van der Waals surface area contributed by atoms with Gasteiger partial charge in [0.1, 0.15) is 12.3 Å². The van der Waals surface area contributed by atoms with E-state index in [1.54, 1.807) is 0 Å². The summed E-state index contributed by atoms with van der Waals surface area (Å²) in [5, 5.41) is 22.8. The third-order valence-corrected chi connectivity index (χ3v) is 11.4. The second-order valence-corrected chi connectivity index (χ2v) is 19.0. The number of Topliss-reactive ketones (excluding diaryl/α,β-unsaturated/α-hetero) is 1. The summed E-state index contributed by atoms with van der Waals surface area (Å²) in [5.41, 5.74) is -0.740. The lowest BCUT2D eigenvalue weighted by atomic mass is 9.81. The number of urea groups is 1.